The summed E-state index contributed by atoms with van der Waals surface area (Å²) in [6, 6.07) is 20.5. The molecule has 2 N–H and O–H groups in total. The Morgan fingerprint density at radius 3 is 2.27 bits per heavy atom. The van der Waals surface area contributed by atoms with Crippen LogP contribution in [0, 0.1) is 0 Å². The third kappa shape index (κ3) is 2.84. The van der Waals surface area contributed by atoms with Gasteiger partial charge in [0.2, 0.25) is 0 Å². The maximum absolute atomic E-state index is 6.14. The number of rotatable bonds is 3. The van der Waals surface area contributed by atoms with Crippen molar-refractivity contribution in [1.82, 2.24) is 15.0 Å². The van der Waals surface area contributed by atoms with Crippen LogP contribution in [-0.2, 0) is 0 Å². The number of nitrogen functional groups attached to an aromatic ring is 1. The molecule has 0 saturated carbocycles. The average Bonchev–Trinajstić information content (AvgIpc) is 2.68. The largest absolute Gasteiger partial charge is 0.383 e. The van der Waals surface area contributed by atoms with E-state index in [1.54, 1.807) is 0 Å². The Morgan fingerprint density at radius 2 is 1.58 bits per heavy atom. The van der Waals surface area contributed by atoms with Crippen LogP contribution >= 0.6 is 0 Å². The molecule has 4 rings (SSSR count). The van der Waals surface area contributed by atoms with E-state index in [1.165, 1.54) is 6.33 Å². The normalized spacial score (nSPS) is 10.8. The van der Waals surface area contributed by atoms with Crippen molar-refractivity contribution < 1.29 is 0 Å². The average molecular weight is 341 g/mol. The molecule has 0 atom stereocenters. The smallest absolute Gasteiger partial charge is 0.165 e. The van der Waals surface area contributed by atoms with Crippen molar-refractivity contribution in [1.29, 1.82) is 0 Å². The molecule has 4 aromatic rings. The van der Waals surface area contributed by atoms with Crippen molar-refractivity contribution in [2.24, 2.45) is 0 Å². The zero-order valence-electron chi connectivity index (χ0n) is 14.7. The molecule has 0 aliphatic carbocycles. The lowest BCUT2D eigenvalue weighted by atomic mass is 10.00. The molecule has 0 aliphatic rings. The summed E-state index contributed by atoms with van der Waals surface area (Å²) in [6.45, 7) is 0. The third-order valence-electron chi connectivity index (χ3n) is 4.40. The lowest BCUT2D eigenvalue weighted by molar-refractivity contribution is 1.13. The molecule has 0 unspecified atom stereocenters. The van der Waals surface area contributed by atoms with Crippen LogP contribution < -0.4 is 10.6 Å². The van der Waals surface area contributed by atoms with Crippen LogP contribution in [-0.4, -0.2) is 29.0 Å². The predicted molar refractivity (Wildman–Crippen MR) is 107 cm³/mol. The predicted octanol–water partition coefficient (Wildman–Crippen LogP) is 4.01. The van der Waals surface area contributed by atoms with Gasteiger partial charge in [-0.2, -0.15) is 0 Å². The highest BCUT2D eigenvalue weighted by atomic mass is 15.1. The van der Waals surface area contributed by atoms with E-state index >= 15 is 0 Å². The van der Waals surface area contributed by atoms with Crippen LogP contribution in [0.5, 0.6) is 0 Å². The first-order valence-corrected chi connectivity index (χ1v) is 8.38. The minimum atomic E-state index is 0.441. The summed E-state index contributed by atoms with van der Waals surface area (Å²) in [5.41, 5.74) is 11.8. The van der Waals surface area contributed by atoms with Gasteiger partial charge in [0.15, 0.2) is 5.65 Å². The molecule has 5 nitrogen and oxygen atoms in total. The molecule has 0 aliphatic heterocycles. The maximum atomic E-state index is 6.14. The Bertz CT molecular complexity index is 1060. The summed E-state index contributed by atoms with van der Waals surface area (Å²) in [4.78, 5) is 15.3. The lowest BCUT2D eigenvalue weighted by Gasteiger charge is -2.14. The second kappa shape index (κ2) is 6.44. The Labute approximate surface area is 152 Å². The summed E-state index contributed by atoms with van der Waals surface area (Å²) < 4.78 is 0. The van der Waals surface area contributed by atoms with Gasteiger partial charge in [-0.15, -0.1) is 0 Å². The van der Waals surface area contributed by atoms with E-state index in [0.29, 0.717) is 11.5 Å². The second-order valence-electron chi connectivity index (χ2n) is 6.32. The molecule has 2 aromatic carbocycles. The minimum Gasteiger partial charge on any atom is -0.383 e. The Kier molecular flexibility index (Phi) is 3.97. The van der Waals surface area contributed by atoms with Crippen LogP contribution in [0.15, 0.2) is 67.0 Å². The topological polar surface area (TPSA) is 67.9 Å². The van der Waals surface area contributed by atoms with E-state index in [9.17, 15) is 0 Å². The molecule has 0 spiro atoms. The van der Waals surface area contributed by atoms with Crippen molar-refractivity contribution in [3.8, 4) is 22.4 Å². The zero-order valence-corrected chi connectivity index (χ0v) is 14.7. The van der Waals surface area contributed by atoms with Gasteiger partial charge in [-0.05, 0) is 29.3 Å². The monoisotopic (exact) mass is 341 g/mol. The number of nitrogens with zero attached hydrogens (tertiary/aromatic N) is 4. The zero-order chi connectivity index (χ0) is 18.1. The minimum absolute atomic E-state index is 0.441. The van der Waals surface area contributed by atoms with E-state index in [0.717, 1.165) is 33.5 Å². The number of pyridine rings is 1. The summed E-state index contributed by atoms with van der Waals surface area (Å²) in [6.07, 6.45) is 1.46. The van der Waals surface area contributed by atoms with Crippen LogP contribution in [0.2, 0.25) is 0 Å². The molecule has 128 valence electrons. The highest BCUT2D eigenvalue weighted by molar-refractivity contribution is 6.00. The number of hydrogen-bond donors (Lipinski definition) is 1. The van der Waals surface area contributed by atoms with Crippen LogP contribution in [0.25, 0.3) is 33.4 Å². The maximum Gasteiger partial charge on any atom is 0.165 e. The number of anilines is 2. The SMILES string of the molecule is CN(C)c1ccc(-c2cc(-c3ccccc3)c3c(N)ncnc3n2)cc1. The standard InChI is InChI=1S/C21H19N5/c1-26(2)16-10-8-15(9-11-16)18-12-17(14-6-4-3-5-7-14)19-20(22)23-13-24-21(19)25-18/h3-13H,1-2H3,(H2,22,23,24,25). The van der Waals surface area contributed by atoms with Crippen molar-refractivity contribution >= 4 is 22.5 Å². The first-order chi connectivity index (χ1) is 12.6. The molecular weight excluding hydrogens is 322 g/mol. The van der Waals surface area contributed by atoms with Gasteiger partial charge in [0.25, 0.3) is 0 Å². The van der Waals surface area contributed by atoms with E-state index in [4.69, 9.17) is 10.7 Å². The molecule has 0 radical (unpaired) electrons. The number of benzene rings is 2. The van der Waals surface area contributed by atoms with Gasteiger partial charge in [0.1, 0.15) is 12.1 Å². The second-order valence-corrected chi connectivity index (χ2v) is 6.32. The molecular formula is C21H19N5. The third-order valence-corrected chi connectivity index (χ3v) is 4.40. The fourth-order valence-electron chi connectivity index (χ4n) is 3.01. The van der Waals surface area contributed by atoms with E-state index in [-0.39, 0.29) is 0 Å². The first kappa shape index (κ1) is 16.0. The van der Waals surface area contributed by atoms with E-state index in [2.05, 4.69) is 57.3 Å². The van der Waals surface area contributed by atoms with Gasteiger partial charge in [-0.3, -0.25) is 0 Å². The summed E-state index contributed by atoms with van der Waals surface area (Å²) in [7, 11) is 4.05. The van der Waals surface area contributed by atoms with Crippen LogP contribution in [0.1, 0.15) is 0 Å². The molecule has 0 amide bonds. The molecule has 0 fully saturated rings. The van der Waals surface area contributed by atoms with Gasteiger partial charge in [0.05, 0.1) is 11.1 Å². The lowest BCUT2D eigenvalue weighted by Crippen LogP contribution is -2.08. The van der Waals surface area contributed by atoms with Crippen molar-refractivity contribution in [3.05, 3.63) is 67.0 Å². The van der Waals surface area contributed by atoms with Crippen molar-refractivity contribution in [3.63, 3.8) is 0 Å². The number of aromatic nitrogens is 3. The summed E-state index contributed by atoms with van der Waals surface area (Å²) >= 11 is 0. The highest BCUT2D eigenvalue weighted by Gasteiger charge is 2.13. The Hall–Kier alpha value is -3.47. The number of fused-ring (bicyclic) bond motifs is 1. The van der Waals surface area contributed by atoms with Crippen molar-refractivity contribution in [2.45, 2.75) is 0 Å². The van der Waals surface area contributed by atoms with E-state index in [1.807, 2.05) is 32.3 Å². The Morgan fingerprint density at radius 1 is 0.846 bits per heavy atom. The molecule has 0 bridgehead atoms. The van der Waals surface area contributed by atoms with Crippen molar-refractivity contribution in [2.75, 3.05) is 24.7 Å². The van der Waals surface area contributed by atoms with Crippen LogP contribution in [0.4, 0.5) is 11.5 Å². The van der Waals surface area contributed by atoms with Gasteiger partial charge in [0, 0.05) is 25.3 Å². The van der Waals surface area contributed by atoms with Gasteiger partial charge < -0.3 is 10.6 Å². The van der Waals surface area contributed by atoms with E-state index < -0.39 is 0 Å². The molecule has 26 heavy (non-hydrogen) atoms. The fraction of sp³-hybridized carbons (Fsp3) is 0.0952. The summed E-state index contributed by atoms with van der Waals surface area (Å²) in [5.74, 6) is 0.441. The molecule has 0 saturated heterocycles. The molecule has 2 aromatic heterocycles. The summed E-state index contributed by atoms with van der Waals surface area (Å²) in [5, 5.41) is 0.785. The quantitative estimate of drug-likeness (QED) is 0.610. The Balaban J connectivity index is 1.95. The molecule has 2 heterocycles. The van der Waals surface area contributed by atoms with Gasteiger partial charge in [-0.1, -0.05) is 42.5 Å². The molecule has 5 heteroatoms. The fourth-order valence-corrected chi connectivity index (χ4v) is 3.01. The first-order valence-electron chi connectivity index (χ1n) is 8.38. The number of hydrogen-bond acceptors (Lipinski definition) is 5. The van der Waals surface area contributed by atoms with Gasteiger partial charge >= 0.3 is 0 Å². The number of nitrogens with two attached hydrogens (primary N) is 1. The van der Waals surface area contributed by atoms with Crippen LogP contribution in [0.3, 0.4) is 0 Å². The van der Waals surface area contributed by atoms with Gasteiger partial charge in [-0.25, -0.2) is 15.0 Å². The highest BCUT2D eigenvalue weighted by Crippen LogP contribution is 2.33.